The highest BCUT2D eigenvalue weighted by Crippen LogP contribution is 2.13. The lowest BCUT2D eigenvalue weighted by Crippen LogP contribution is -2.04. The van der Waals surface area contributed by atoms with E-state index in [4.69, 9.17) is 5.11 Å². The molecule has 4 nitrogen and oxygen atoms in total. The molecule has 2 aromatic rings. The van der Waals surface area contributed by atoms with Crippen LogP contribution in [-0.2, 0) is 11.3 Å². The van der Waals surface area contributed by atoms with E-state index in [1.54, 1.807) is 12.3 Å². The second-order valence-corrected chi connectivity index (χ2v) is 3.24. The normalized spacial score (nSPS) is 10.7. The molecule has 0 aliphatic heterocycles. The van der Waals surface area contributed by atoms with E-state index in [0.717, 1.165) is 0 Å². The summed E-state index contributed by atoms with van der Waals surface area (Å²) in [4.78, 5) is 10.3. The van der Waals surface area contributed by atoms with Gasteiger partial charge in [-0.2, -0.15) is 5.10 Å². The fraction of sp³-hybridized carbons (Fsp3) is 0.200. The minimum atomic E-state index is -0.874. The van der Waals surface area contributed by atoms with Crippen molar-refractivity contribution in [1.82, 2.24) is 9.78 Å². The molecule has 0 fully saturated rings. The number of benzene rings is 1. The molecule has 78 valence electrons. The maximum Gasteiger partial charge on any atom is 0.305 e. The Kier molecular flexibility index (Phi) is 2.37. The van der Waals surface area contributed by atoms with Crippen LogP contribution in [0.1, 0.15) is 6.42 Å². The predicted octanol–water partition coefficient (Wildman–Crippen LogP) is 1.65. The monoisotopic (exact) mass is 208 g/mol. The first-order valence-corrected chi connectivity index (χ1v) is 4.50. The molecule has 0 amide bonds. The van der Waals surface area contributed by atoms with E-state index >= 15 is 0 Å². The molecule has 0 aliphatic carbocycles. The van der Waals surface area contributed by atoms with Crippen molar-refractivity contribution in [2.24, 2.45) is 0 Å². The Morgan fingerprint density at radius 1 is 1.53 bits per heavy atom. The number of aliphatic carboxylic acids is 1. The molecule has 0 spiro atoms. The summed E-state index contributed by atoms with van der Waals surface area (Å²) in [5, 5.41) is 13.3. The van der Waals surface area contributed by atoms with E-state index in [9.17, 15) is 9.18 Å². The fourth-order valence-corrected chi connectivity index (χ4v) is 1.37. The predicted molar refractivity (Wildman–Crippen MR) is 51.9 cm³/mol. The SMILES string of the molecule is O=C(O)CCn1cc2cc(F)ccc2n1. The zero-order valence-corrected chi connectivity index (χ0v) is 7.85. The van der Waals surface area contributed by atoms with Gasteiger partial charge in [-0.1, -0.05) is 0 Å². The number of halogens is 1. The molecule has 1 aromatic heterocycles. The smallest absolute Gasteiger partial charge is 0.305 e. The van der Waals surface area contributed by atoms with Crippen LogP contribution in [0.4, 0.5) is 4.39 Å². The number of nitrogens with zero attached hydrogens (tertiary/aromatic N) is 2. The van der Waals surface area contributed by atoms with E-state index in [2.05, 4.69) is 5.10 Å². The fourth-order valence-electron chi connectivity index (χ4n) is 1.37. The zero-order chi connectivity index (χ0) is 10.8. The van der Waals surface area contributed by atoms with Crippen molar-refractivity contribution in [1.29, 1.82) is 0 Å². The van der Waals surface area contributed by atoms with Crippen LogP contribution < -0.4 is 0 Å². The summed E-state index contributed by atoms with van der Waals surface area (Å²) in [6.07, 6.45) is 1.65. The highest BCUT2D eigenvalue weighted by atomic mass is 19.1. The summed E-state index contributed by atoms with van der Waals surface area (Å²) in [5.74, 6) is -1.19. The Bertz CT molecular complexity index is 507. The Balaban J connectivity index is 2.27. The maximum atomic E-state index is 12.8. The van der Waals surface area contributed by atoms with Crippen molar-refractivity contribution in [3.05, 3.63) is 30.2 Å². The standard InChI is InChI=1S/C10H9FN2O2/c11-8-1-2-9-7(5-8)6-13(12-9)4-3-10(14)15/h1-2,5-6H,3-4H2,(H,14,15). The van der Waals surface area contributed by atoms with Crippen molar-refractivity contribution in [2.45, 2.75) is 13.0 Å². The van der Waals surface area contributed by atoms with Gasteiger partial charge in [0.05, 0.1) is 18.5 Å². The minimum Gasteiger partial charge on any atom is -0.481 e. The van der Waals surface area contributed by atoms with Crippen LogP contribution >= 0.6 is 0 Å². The van der Waals surface area contributed by atoms with Crippen LogP contribution in [0.15, 0.2) is 24.4 Å². The van der Waals surface area contributed by atoms with Gasteiger partial charge >= 0.3 is 5.97 Å². The van der Waals surface area contributed by atoms with Gasteiger partial charge in [0, 0.05) is 11.6 Å². The zero-order valence-electron chi connectivity index (χ0n) is 7.85. The third kappa shape index (κ3) is 2.12. The first kappa shape index (κ1) is 9.64. The van der Waals surface area contributed by atoms with Gasteiger partial charge in [0.1, 0.15) is 5.82 Å². The summed E-state index contributed by atoms with van der Waals surface area (Å²) < 4.78 is 14.3. The second kappa shape index (κ2) is 3.68. The maximum absolute atomic E-state index is 12.8. The molecule has 1 N–H and O–H groups in total. The molecule has 0 saturated heterocycles. The number of aryl methyl sites for hydroxylation is 1. The number of carboxylic acids is 1. The Morgan fingerprint density at radius 2 is 2.33 bits per heavy atom. The molecule has 1 aromatic carbocycles. The molecule has 0 saturated carbocycles. The quantitative estimate of drug-likeness (QED) is 0.834. The molecule has 0 radical (unpaired) electrons. The van der Waals surface area contributed by atoms with Crippen molar-refractivity contribution in [2.75, 3.05) is 0 Å². The number of rotatable bonds is 3. The van der Waals surface area contributed by atoms with Crippen molar-refractivity contribution < 1.29 is 14.3 Å². The van der Waals surface area contributed by atoms with Crippen LogP contribution in [0.2, 0.25) is 0 Å². The molecule has 0 aliphatic rings. The van der Waals surface area contributed by atoms with Crippen molar-refractivity contribution in [3.8, 4) is 0 Å². The van der Waals surface area contributed by atoms with Gasteiger partial charge in [0.2, 0.25) is 0 Å². The van der Waals surface area contributed by atoms with Crippen LogP contribution in [0.25, 0.3) is 10.9 Å². The van der Waals surface area contributed by atoms with E-state index in [-0.39, 0.29) is 12.2 Å². The van der Waals surface area contributed by atoms with Gasteiger partial charge in [-0.3, -0.25) is 9.48 Å². The molecule has 15 heavy (non-hydrogen) atoms. The average molecular weight is 208 g/mol. The van der Waals surface area contributed by atoms with Gasteiger partial charge < -0.3 is 5.11 Å². The Hall–Kier alpha value is -1.91. The molecule has 1 heterocycles. The molecule has 5 heteroatoms. The van der Waals surface area contributed by atoms with E-state index in [1.165, 1.54) is 16.8 Å². The summed E-state index contributed by atoms with van der Waals surface area (Å²) in [6, 6.07) is 4.28. The minimum absolute atomic E-state index is 0.0104. The molecule has 2 rings (SSSR count). The first-order chi connectivity index (χ1) is 7.15. The van der Waals surface area contributed by atoms with Gasteiger partial charge in [-0.25, -0.2) is 4.39 Å². The largest absolute Gasteiger partial charge is 0.481 e. The van der Waals surface area contributed by atoms with Gasteiger partial charge in [0.15, 0.2) is 0 Å². The highest BCUT2D eigenvalue weighted by molar-refractivity contribution is 5.77. The molecule has 0 atom stereocenters. The highest BCUT2D eigenvalue weighted by Gasteiger charge is 2.03. The topological polar surface area (TPSA) is 55.1 Å². The molecular weight excluding hydrogens is 199 g/mol. The van der Waals surface area contributed by atoms with Gasteiger partial charge in [-0.05, 0) is 18.2 Å². The average Bonchev–Trinajstić information content (AvgIpc) is 2.56. The molecule has 0 bridgehead atoms. The summed E-state index contributed by atoms with van der Waals surface area (Å²) in [6.45, 7) is 0.297. The number of hydrogen-bond acceptors (Lipinski definition) is 2. The first-order valence-electron chi connectivity index (χ1n) is 4.50. The Morgan fingerprint density at radius 3 is 3.07 bits per heavy atom. The van der Waals surface area contributed by atoms with Crippen LogP contribution in [0.3, 0.4) is 0 Å². The summed E-state index contributed by atoms with van der Waals surface area (Å²) in [5.41, 5.74) is 0.668. The van der Waals surface area contributed by atoms with Gasteiger partial charge in [0.25, 0.3) is 0 Å². The van der Waals surface area contributed by atoms with Crippen molar-refractivity contribution in [3.63, 3.8) is 0 Å². The van der Waals surface area contributed by atoms with Gasteiger partial charge in [-0.15, -0.1) is 0 Å². The molecule has 0 unspecified atom stereocenters. The number of carboxylic acid groups (broad SMARTS) is 1. The lowest BCUT2D eigenvalue weighted by atomic mass is 10.2. The molecular formula is C10H9FN2O2. The van der Waals surface area contributed by atoms with Crippen LogP contribution in [0, 0.1) is 5.82 Å². The number of aromatic nitrogens is 2. The van der Waals surface area contributed by atoms with E-state index < -0.39 is 5.97 Å². The van der Waals surface area contributed by atoms with Crippen LogP contribution in [-0.4, -0.2) is 20.9 Å². The van der Waals surface area contributed by atoms with Crippen LogP contribution in [0.5, 0.6) is 0 Å². The number of carbonyl (C=O) groups is 1. The summed E-state index contributed by atoms with van der Waals surface area (Å²) >= 11 is 0. The lowest BCUT2D eigenvalue weighted by Gasteiger charge is -1.95. The second-order valence-electron chi connectivity index (χ2n) is 3.24. The lowest BCUT2D eigenvalue weighted by molar-refractivity contribution is -0.137. The third-order valence-electron chi connectivity index (χ3n) is 2.07. The number of fused-ring (bicyclic) bond motifs is 1. The number of hydrogen-bond donors (Lipinski definition) is 1. The van der Waals surface area contributed by atoms with E-state index in [0.29, 0.717) is 17.4 Å². The summed E-state index contributed by atoms with van der Waals surface area (Å²) in [7, 11) is 0. The Labute approximate surface area is 84.9 Å². The van der Waals surface area contributed by atoms with E-state index in [1.807, 2.05) is 0 Å². The van der Waals surface area contributed by atoms with Crippen molar-refractivity contribution >= 4 is 16.9 Å². The third-order valence-corrected chi connectivity index (χ3v) is 2.07.